The molecule has 0 amide bonds. The van der Waals surface area contributed by atoms with E-state index in [1.54, 1.807) is 6.07 Å². The van der Waals surface area contributed by atoms with Crippen molar-refractivity contribution >= 4 is 5.97 Å². The second kappa shape index (κ2) is 4.91. The van der Waals surface area contributed by atoms with E-state index in [-0.39, 0.29) is 12.2 Å². The van der Waals surface area contributed by atoms with Crippen LogP contribution in [0.4, 0.5) is 4.39 Å². The molecule has 0 aliphatic heterocycles. The molecule has 2 nitrogen and oxygen atoms in total. The molecule has 0 aliphatic rings. The second-order valence-electron chi connectivity index (χ2n) is 3.78. The van der Waals surface area contributed by atoms with Gasteiger partial charge in [0.25, 0.3) is 0 Å². The Morgan fingerprint density at radius 3 is 2.53 bits per heavy atom. The average molecular weight is 210 g/mol. The zero-order valence-electron chi connectivity index (χ0n) is 9.01. The Kier molecular flexibility index (Phi) is 3.83. The smallest absolute Gasteiger partial charge is 0.303 e. The van der Waals surface area contributed by atoms with E-state index < -0.39 is 5.97 Å². The summed E-state index contributed by atoms with van der Waals surface area (Å²) in [4.78, 5) is 10.3. The second-order valence-corrected chi connectivity index (χ2v) is 3.78. The van der Waals surface area contributed by atoms with Crippen molar-refractivity contribution in [3.63, 3.8) is 0 Å². The minimum Gasteiger partial charge on any atom is -0.481 e. The lowest BCUT2D eigenvalue weighted by molar-refractivity contribution is -0.137. The molecule has 0 spiro atoms. The van der Waals surface area contributed by atoms with Crippen LogP contribution < -0.4 is 0 Å². The first-order valence-corrected chi connectivity index (χ1v) is 4.98. The van der Waals surface area contributed by atoms with Crippen LogP contribution >= 0.6 is 0 Å². The molecular formula is C12H15FO2. The maximum atomic E-state index is 13.4. The highest BCUT2D eigenvalue weighted by Crippen LogP contribution is 2.16. The predicted molar refractivity (Wildman–Crippen MR) is 56.4 cm³/mol. The number of benzene rings is 1. The van der Waals surface area contributed by atoms with Crippen molar-refractivity contribution < 1.29 is 14.3 Å². The molecule has 0 saturated carbocycles. The number of halogens is 1. The summed E-state index contributed by atoms with van der Waals surface area (Å²) in [5, 5.41) is 8.47. The van der Waals surface area contributed by atoms with Crippen molar-refractivity contribution in [1.82, 2.24) is 0 Å². The molecule has 0 atom stereocenters. The van der Waals surface area contributed by atoms with Crippen molar-refractivity contribution in [3.05, 3.63) is 34.6 Å². The van der Waals surface area contributed by atoms with E-state index in [0.717, 1.165) is 11.1 Å². The number of rotatable bonds is 4. The van der Waals surface area contributed by atoms with Gasteiger partial charge in [-0.25, -0.2) is 4.39 Å². The van der Waals surface area contributed by atoms with Crippen LogP contribution in [0.2, 0.25) is 0 Å². The molecule has 0 unspecified atom stereocenters. The van der Waals surface area contributed by atoms with Gasteiger partial charge in [0.15, 0.2) is 0 Å². The van der Waals surface area contributed by atoms with Crippen LogP contribution in [-0.4, -0.2) is 11.1 Å². The third-order valence-corrected chi connectivity index (χ3v) is 2.50. The maximum absolute atomic E-state index is 13.4. The monoisotopic (exact) mass is 210 g/mol. The number of aryl methyl sites for hydroxylation is 3. The van der Waals surface area contributed by atoms with E-state index in [0.29, 0.717) is 18.4 Å². The molecule has 0 fully saturated rings. The third-order valence-electron chi connectivity index (χ3n) is 2.50. The third kappa shape index (κ3) is 3.35. The van der Waals surface area contributed by atoms with Crippen LogP contribution in [0.1, 0.15) is 29.5 Å². The zero-order valence-corrected chi connectivity index (χ0v) is 9.01. The summed E-state index contributed by atoms with van der Waals surface area (Å²) >= 11 is 0. The summed E-state index contributed by atoms with van der Waals surface area (Å²) < 4.78 is 13.4. The lowest BCUT2D eigenvalue weighted by Gasteiger charge is -2.06. The van der Waals surface area contributed by atoms with Crippen LogP contribution in [0.25, 0.3) is 0 Å². The van der Waals surface area contributed by atoms with Gasteiger partial charge >= 0.3 is 5.97 Å². The van der Waals surface area contributed by atoms with Crippen LogP contribution in [0.15, 0.2) is 12.1 Å². The van der Waals surface area contributed by atoms with Crippen molar-refractivity contribution in [2.45, 2.75) is 33.1 Å². The number of hydrogen-bond acceptors (Lipinski definition) is 1. The van der Waals surface area contributed by atoms with E-state index in [2.05, 4.69) is 0 Å². The minimum atomic E-state index is -0.834. The van der Waals surface area contributed by atoms with Crippen LogP contribution in [-0.2, 0) is 11.2 Å². The van der Waals surface area contributed by atoms with E-state index in [1.165, 1.54) is 6.07 Å². The number of carboxylic acid groups (broad SMARTS) is 1. The lowest BCUT2D eigenvalue weighted by atomic mass is 10.0. The Morgan fingerprint density at radius 1 is 1.33 bits per heavy atom. The van der Waals surface area contributed by atoms with Crippen LogP contribution in [0.3, 0.4) is 0 Å². The Morgan fingerprint density at radius 2 is 1.93 bits per heavy atom. The van der Waals surface area contributed by atoms with Gasteiger partial charge in [-0.05, 0) is 49.4 Å². The van der Waals surface area contributed by atoms with E-state index in [9.17, 15) is 9.18 Å². The van der Waals surface area contributed by atoms with Gasteiger partial charge in [0.2, 0.25) is 0 Å². The van der Waals surface area contributed by atoms with E-state index >= 15 is 0 Å². The van der Waals surface area contributed by atoms with E-state index in [1.807, 2.05) is 13.8 Å². The Bertz CT molecular complexity index is 372. The molecule has 0 radical (unpaired) electrons. The Labute approximate surface area is 88.7 Å². The Balaban J connectivity index is 2.69. The molecule has 1 aromatic carbocycles. The number of hydrogen-bond donors (Lipinski definition) is 1. The molecule has 1 aromatic rings. The molecule has 82 valence electrons. The highest BCUT2D eigenvalue weighted by atomic mass is 19.1. The van der Waals surface area contributed by atoms with Gasteiger partial charge in [-0.15, -0.1) is 0 Å². The summed E-state index contributed by atoms with van der Waals surface area (Å²) in [6.07, 6.45) is 1.06. The standard InChI is InChI=1S/C12H15FO2/c1-8-6-10(4-3-5-12(14)15)11(13)7-9(8)2/h6-7H,3-5H2,1-2H3,(H,14,15). The summed E-state index contributed by atoms with van der Waals surface area (Å²) in [5.74, 6) is -1.07. The number of aliphatic carboxylic acids is 1. The van der Waals surface area contributed by atoms with E-state index in [4.69, 9.17) is 5.11 Å². The van der Waals surface area contributed by atoms with Gasteiger partial charge < -0.3 is 5.11 Å². The van der Waals surface area contributed by atoms with Crippen molar-refractivity contribution in [2.75, 3.05) is 0 Å². The molecule has 0 saturated heterocycles. The van der Waals surface area contributed by atoms with Gasteiger partial charge in [0.05, 0.1) is 0 Å². The van der Waals surface area contributed by atoms with Gasteiger partial charge in [-0.1, -0.05) is 6.07 Å². The quantitative estimate of drug-likeness (QED) is 0.829. The molecular weight excluding hydrogens is 195 g/mol. The summed E-state index contributed by atoms with van der Waals surface area (Å²) in [6.45, 7) is 3.79. The minimum absolute atomic E-state index is 0.0896. The van der Waals surface area contributed by atoms with Crippen molar-refractivity contribution in [3.8, 4) is 0 Å². The molecule has 0 aliphatic carbocycles. The fourth-order valence-electron chi connectivity index (χ4n) is 1.46. The van der Waals surface area contributed by atoms with Gasteiger partial charge in [-0.2, -0.15) is 0 Å². The molecule has 1 N–H and O–H groups in total. The molecule has 15 heavy (non-hydrogen) atoms. The van der Waals surface area contributed by atoms with Crippen molar-refractivity contribution in [2.24, 2.45) is 0 Å². The number of carboxylic acids is 1. The molecule has 0 aromatic heterocycles. The molecule has 0 heterocycles. The normalized spacial score (nSPS) is 10.3. The fourth-order valence-corrected chi connectivity index (χ4v) is 1.46. The summed E-state index contributed by atoms with van der Waals surface area (Å²) in [5.41, 5.74) is 2.58. The van der Waals surface area contributed by atoms with Crippen molar-refractivity contribution in [1.29, 1.82) is 0 Å². The molecule has 1 rings (SSSR count). The zero-order chi connectivity index (χ0) is 11.4. The first kappa shape index (κ1) is 11.7. The fraction of sp³-hybridized carbons (Fsp3) is 0.417. The molecule has 3 heteroatoms. The van der Waals surface area contributed by atoms with Gasteiger partial charge in [0, 0.05) is 6.42 Å². The first-order valence-electron chi connectivity index (χ1n) is 4.98. The largest absolute Gasteiger partial charge is 0.481 e. The summed E-state index contributed by atoms with van der Waals surface area (Å²) in [6, 6.07) is 3.30. The first-order chi connectivity index (χ1) is 7.00. The predicted octanol–water partition coefficient (Wildman–Crippen LogP) is 2.85. The SMILES string of the molecule is Cc1cc(F)c(CCCC(=O)O)cc1C. The van der Waals surface area contributed by atoms with Crippen LogP contribution in [0, 0.1) is 19.7 Å². The highest BCUT2D eigenvalue weighted by Gasteiger charge is 2.05. The Hall–Kier alpha value is -1.38. The lowest BCUT2D eigenvalue weighted by Crippen LogP contribution is -1.98. The van der Waals surface area contributed by atoms with Gasteiger partial charge in [0.1, 0.15) is 5.82 Å². The van der Waals surface area contributed by atoms with Crippen LogP contribution in [0.5, 0.6) is 0 Å². The highest BCUT2D eigenvalue weighted by molar-refractivity contribution is 5.66. The average Bonchev–Trinajstić information content (AvgIpc) is 2.13. The number of carbonyl (C=O) groups is 1. The van der Waals surface area contributed by atoms with Gasteiger partial charge in [-0.3, -0.25) is 4.79 Å². The summed E-state index contributed by atoms with van der Waals surface area (Å²) in [7, 11) is 0. The molecule has 0 bridgehead atoms. The topological polar surface area (TPSA) is 37.3 Å². The maximum Gasteiger partial charge on any atom is 0.303 e.